The molecule has 4 N–H and O–H groups in total. The number of hydrogen-bond donors (Lipinski definition) is 3. The highest BCUT2D eigenvalue weighted by Gasteiger charge is 2.41. The molecule has 0 spiro atoms. The predicted molar refractivity (Wildman–Crippen MR) is 109 cm³/mol. The fraction of sp³-hybridized carbons (Fsp3) is 0.571. The van der Waals surface area contributed by atoms with Crippen LogP contribution >= 0.6 is 11.6 Å². The first-order valence-corrected chi connectivity index (χ1v) is 10.6. The molecule has 0 bridgehead atoms. The molecule has 1 saturated heterocycles. The van der Waals surface area contributed by atoms with Crippen molar-refractivity contribution in [2.75, 3.05) is 25.0 Å². The third-order valence-electron chi connectivity index (χ3n) is 6.41. The molecule has 27 heavy (non-hydrogen) atoms. The van der Waals surface area contributed by atoms with Gasteiger partial charge in [0.25, 0.3) is 5.91 Å². The van der Waals surface area contributed by atoms with Crippen LogP contribution in [0.3, 0.4) is 0 Å². The summed E-state index contributed by atoms with van der Waals surface area (Å²) in [6.07, 6.45) is 6.28. The van der Waals surface area contributed by atoms with E-state index in [-0.39, 0.29) is 5.91 Å². The molecule has 1 amide bonds. The maximum Gasteiger partial charge on any atom is 0.270 e. The summed E-state index contributed by atoms with van der Waals surface area (Å²) in [6.45, 7) is 2.18. The average molecular weight is 387 g/mol. The van der Waals surface area contributed by atoms with E-state index in [2.05, 4.69) is 10.3 Å². The first-order chi connectivity index (χ1) is 13.1. The Balaban J connectivity index is 1.43. The van der Waals surface area contributed by atoms with Crippen molar-refractivity contribution in [2.24, 2.45) is 23.5 Å². The van der Waals surface area contributed by atoms with E-state index in [1.165, 1.54) is 25.7 Å². The second kappa shape index (κ2) is 6.71. The summed E-state index contributed by atoms with van der Waals surface area (Å²) in [5.41, 5.74) is 8.43. The Labute approximate surface area is 164 Å². The van der Waals surface area contributed by atoms with Gasteiger partial charge in [0.05, 0.1) is 11.2 Å². The fourth-order valence-corrected chi connectivity index (χ4v) is 4.75. The number of H-pyrrole nitrogens is 1. The monoisotopic (exact) mass is 386 g/mol. The highest BCUT2D eigenvalue weighted by Crippen LogP contribution is 2.46. The van der Waals surface area contributed by atoms with E-state index >= 15 is 0 Å². The van der Waals surface area contributed by atoms with E-state index in [1.807, 2.05) is 23.1 Å². The van der Waals surface area contributed by atoms with Crippen LogP contribution in [0.4, 0.5) is 5.69 Å². The Hall–Kier alpha value is -1.72. The zero-order chi connectivity index (χ0) is 18.5. The Morgan fingerprint density at radius 3 is 2.59 bits per heavy atom. The molecule has 1 atom stereocenters. The number of nitrogens with one attached hydrogen (secondary N) is 2. The summed E-state index contributed by atoms with van der Waals surface area (Å²) < 4.78 is 0. The van der Waals surface area contributed by atoms with Crippen LogP contribution in [0.25, 0.3) is 10.9 Å². The molecule has 3 aliphatic rings. The van der Waals surface area contributed by atoms with Crippen LogP contribution in [0.2, 0.25) is 5.02 Å². The molecule has 1 aromatic carbocycles. The molecule has 1 aromatic heterocycles. The maximum absolute atomic E-state index is 12.9. The third kappa shape index (κ3) is 3.43. The van der Waals surface area contributed by atoms with Crippen molar-refractivity contribution >= 4 is 34.1 Å². The van der Waals surface area contributed by atoms with Crippen LogP contribution in [0.1, 0.15) is 42.6 Å². The van der Waals surface area contributed by atoms with Crippen molar-refractivity contribution in [3.63, 3.8) is 0 Å². The number of carbonyl (C=O) groups excluding carboxylic acids is 1. The minimum Gasteiger partial charge on any atom is -0.380 e. The van der Waals surface area contributed by atoms with Gasteiger partial charge in [-0.15, -0.1) is 0 Å². The molecule has 2 saturated carbocycles. The van der Waals surface area contributed by atoms with E-state index in [0.717, 1.165) is 47.9 Å². The number of hydrogen-bond acceptors (Lipinski definition) is 3. The van der Waals surface area contributed by atoms with Crippen molar-refractivity contribution in [2.45, 2.75) is 38.1 Å². The quantitative estimate of drug-likeness (QED) is 0.706. The van der Waals surface area contributed by atoms with Gasteiger partial charge in [0.2, 0.25) is 0 Å². The van der Waals surface area contributed by atoms with Gasteiger partial charge in [0, 0.05) is 29.5 Å². The number of nitrogens with two attached hydrogens (primary N) is 1. The largest absolute Gasteiger partial charge is 0.380 e. The molecular formula is C21H27ClN4O. The molecule has 1 aliphatic heterocycles. The normalized spacial score (nSPS) is 22.8. The molecule has 5 rings (SSSR count). The highest BCUT2D eigenvalue weighted by atomic mass is 35.5. The molecule has 6 heteroatoms. The summed E-state index contributed by atoms with van der Waals surface area (Å²) in [7, 11) is 0. The summed E-state index contributed by atoms with van der Waals surface area (Å²) in [5, 5.41) is 5.47. The van der Waals surface area contributed by atoms with Gasteiger partial charge >= 0.3 is 0 Å². The molecule has 3 fully saturated rings. The summed E-state index contributed by atoms with van der Waals surface area (Å²) in [6, 6.07) is 6.41. The van der Waals surface area contributed by atoms with Gasteiger partial charge in [-0.05, 0) is 74.6 Å². The Morgan fingerprint density at radius 2 is 1.96 bits per heavy atom. The lowest BCUT2D eigenvalue weighted by Crippen LogP contribution is -2.30. The van der Waals surface area contributed by atoms with Crippen molar-refractivity contribution in [1.82, 2.24) is 9.88 Å². The van der Waals surface area contributed by atoms with Crippen molar-refractivity contribution in [3.05, 3.63) is 28.9 Å². The number of carbonyl (C=O) groups is 1. The van der Waals surface area contributed by atoms with Crippen LogP contribution in [0.5, 0.6) is 0 Å². The molecule has 0 radical (unpaired) electrons. The van der Waals surface area contributed by atoms with Gasteiger partial charge in [0.15, 0.2) is 0 Å². The maximum atomic E-state index is 12.9. The second-order valence-electron chi connectivity index (χ2n) is 8.59. The number of anilines is 1. The zero-order valence-corrected chi connectivity index (χ0v) is 16.3. The lowest BCUT2D eigenvalue weighted by atomic mass is 10.1. The van der Waals surface area contributed by atoms with E-state index in [1.54, 1.807) is 0 Å². The molecular weight excluding hydrogens is 360 g/mol. The summed E-state index contributed by atoms with van der Waals surface area (Å²) in [4.78, 5) is 18.2. The summed E-state index contributed by atoms with van der Waals surface area (Å²) in [5.74, 6) is 2.06. The van der Waals surface area contributed by atoms with Gasteiger partial charge in [-0.3, -0.25) is 4.79 Å². The fourth-order valence-electron chi connectivity index (χ4n) is 4.53. The lowest BCUT2D eigenvalue weighted by Gasteiger charge is -2.20. The van der Waals surface area contributed by atoms with Crippen LogP contribution in [-0.2, 0) is 0 Å². The second-order valence-corrected chi connectivity index (χ2v) is 9.02. The van der Waals surface area contributed by atoms with Crippen molar-refractivity contribution in [1.29, 1.82) is 0 Å². The van der Waals surface area contributed by atoms with Gasteiger partial charge in [-0.25, -0.2) is 0 Å². The summed E-state index contributed by atoms with van der Waals surface area (Å²) >= 11 is 6.39. The van der Waals surface area contributed by atoms with E-state index in [0.29, 0.717) is 29.2 Å². The third-order valence-corrected chi connectivity index (χ3v) is 6.63. The van der Waals surface area contributed by atoms with Gasteiger partial charge < -0.3 is 20.9 Å². The van der Waals surface area contributed by atoms with Crippen molar-refractivity contribution < 1.29 is 4.79 Å². The number of halogens is 1. The number of rotatable bonds is 6. The number of aromatic nitrogens is 1. The molecule has 5 nitrogen and oxygen atoms in total. The standard InChI is InChI=1S/C21H27ClN4O/c22-16-7-15-8-18(21(27)26-6-5-12(10-23)11-26)25-20(15)17(9-16)24-19(13-1-2-13)14-3-4-14/h7-9,12-14,19,24-25H,1-6,10-11,23H2. The number of nitrogens with zero attached hydrogens (tertiary/aromatic N) is 1. The molecule has 1 unspecified atom stereocenters. The molecule has 144 valence electrons. The number of aromatic amines is 1. The van der Waals surface area contributed by atoms with Crippen molar-refractivity contribution in [3.8, 4) is 0 Å². The topological polar surface area (TPSA) is 74.2 Å². The Morgan fingerprint density at radius 1 is 1.22 bits per heavy atom. The van der Waals surface area contributed by atoms with Crippen LogP contribution < -0.4 is 11.1 Å². The predicted octanol–water partition coefficient (Wildman–Crippen LogP) is 3.84. The van der Waals surface area contributed by atoms with Gasteiger partial charge in [-0.1, -0.05) is 11.6 Å². The van der Waals surface area contributed by atoms with Crippen LogP contribution in [0, 0.1) is 17.8 Å². The van der Waals surface area contributed by atoms with Crippen LogP contribution in [0.15, 0.2) is 18.2 Å². The minimum atomic E-state index is 0.0603. The molecule has 2 aromatic rings. The lowest BCUT2D eigenvalue weighted by molar-refractivity contribution is 0.0783. The number of likely N-dealkylation sites (tertiary alicyclic amines) is 1. The number of benzene rings is 1. The highest BCUT2D eigenvalue weighted by molar-refractivity contribution is 6.32. The first kappa shape index (κ1) is 17.4. The average Bonchev–Trinajstić information content (AvgIpc) is 3.58. The van der Waals surface area contributed by atoms with E-state index in [9.17, 15) is 4.79 Å². The number of amides is 1. The Bertz CT molecular complexity index is 858. The number of fused-ring (bicyclic) bond motifs is 1. The van der Waals surface area contributed by atoms with Gasteiger partial charge in [0.1, 0.15) is 5.69 Å². The van der Waals surface area contributed by atoms with E-state index in [4.69, 9.17) is 17.3 Å². The zero-order valence-electron chi connectivity index (χ0n) is 15.5. The first-order valence-electron chi connectivity index (χ1n) is 10.2. The molecule has 2 aliphatic carbocycles. The van der Waals surface area contributed by atoms with E-state index < -0.39 is 0 Å². The Kier molecular flexibility index (Phi) is 4.32. The van der Waals surface area contributed by atoms with Gasteiger partial charge in [-0.2, -0.15) is 0 Å². The minimum absolute atomic E-state index is 0.0603. The smallest absolute Gasteiger partial charge is 0.270 e. The molecule has 2 heterocycles. The SMILES string of the molecule is NCC1CCN(C(=O)c2cc3cc(Cl)cc(NC(C4CC4)C4CC4)c3[nH]2)C1. The van der Waals surface area contributed by atoms with Crippen LogP contribution in [-0.4, -0.2) is 41.5 Å².